The topological polar surface area (TPSA) is 217 Å². The van der Waals surface area contributed by atoms with E-state index in [1.807, 2.05) is 160 Å². The van der Waals surface area contributed by atoms with Gasteiger partial charge in [-0.2, -0.15) is 38.1 Å². The summed E-state index contributed by atoms with van der Waals surface area (Å²) in [6.45, 7) is 28.3. The molecular formula is C96H97Cl4N11O5S7. The lowest BCUT2D eigenvalue weighted by atomic mass is 10.1. The van der Waals surface area contributed by atoms with Gasteiger partial charge in [0, 0.05) is 179 Å². The first-order chi connectivity index (χ1) is 59.3. The van der Waals surface area contributed by atoms with Gasteiger partial charge in [0.15, 0.2) is 9.84 Å². The normalized spacial score (nSPS) is 15.5. The molecule has 5 aliphatic rings. The number of rotatable bonds is 20. The molecule has 10 aromatic carbocycles. The number of halogens is 4. The molecule has 1 N–H and O–H groups in total. The third kappa shape index (κ3) is 31.5. The number of benzene rings is 10. The molecule has 123 heavy (non-hydrogen) atoms. The van der Waals surface area contributed by atoms with Gasteiger partial charge in [-0.3, -0.25) is 29.3 Å². The lowest BCUT2D eigenvalue weighted by Gasteiger charge is -2.27. The van der Waals surface area contributed by atoms with E-state index in [2.05, 4.69) is 136 Å². The van der Waals surface area contributed by atoms with E-state index in [4.69, 9.17) is 55.9 Å². The fraction of sp³-hybridized carbons (Fsp3) is 0.312. The molecular weight excluding hydrogens is 1750 g/mol. The predicted molar refractivity (Wildman–Crippen MR) is 504 cm³/mol. The molecule has 636 valence electrons. The van der Waals surface area contributed by atoms with E-state index in [1.165, 1.54) is 58.9 Å². The fourth-order valence-electron chi connectivity index (χ4n) is 14.3. The number of carbonyl (C=O) groups excluding carboxylic acids is 1. The molecule has 0 bridgehead atoms. The van der Waals surface area contributed by atoms with Gasteiger partial charge < -0.3 is 14.8 Å². The molecule has 27 heteroatoms. The molecule has 0 spiro atoms. The summed E-state index contributed by atoms with van der Waals surface area (Å²) in [5.74, 6) is 2.81. The quantitative estimate of drug-likeness (QED) is 0.0750. The molecule has 0 aliphatic carbocycles. The second-order valence-electron chi connectivity index (χ2n) is 30.5. The molecule has 0 radical (unpaired) electrons. The summed E-state index contributed by atoms with van der Waals surface area (Å²) in [4.78, 5) is 34.4. The van der Waals surface area contributed by atoms with Gasteiger partial charge in [-0.15, -0.1) is 0 Å². The zero-order chi connectivity index (χ0) is 87.4. The van der Waals surface area contributed by atoms with E-state index in [0.29, 0.717) is 66.0 Å². The number of ether oxygens (including phenoxy) is 2. The van der Waals surface area contributed by atoms with Crippen LogP contribution in [-0.4, -0.2) is 160 Å². The number of hydrogen-bond acceptors (Lipinski definition) is 21. The van der Waals surface area contributed by atoms with E-state index in [1.54, 1.807) is 58.8 Å². The molecule has 0 saturated carbocycles. The number of nitriles is 5. The molecule has 0 unspecified atom stereocenters. The first-order valence-electron chi connectivity index (χ1n) is 40.3. The number of hydrogen-bond donors (Lipinski definition) is 1. The van der Waals surface area contributed by atoms with Crippen molar-refractivity contribution >= 4 is 133 Å². The Morgan fingerprint density at radius 1 is 0.350 bits per heavy atom. The summed E-state index contributed by atoms with van der Waals surface area (Å²) in [7, 11) is -2.90. The molecule has 5 saturated heterocycles. The molecule has 0 atom stereocenters. The van der Waals surface area contributed by atoms with Crippen molar-refractivity contribution in [2.75, 3.05) is 121 Å². The first kappa shape index (κ1) is 95.7. The maximum absolute atomic E-state index is 11.6. The number of morpholine rings is 2. The number of amides is 1. The second-order valence-corrected chi connectivity index (χ2v) is 41.4. The van der Waals surface area contributed by atoms with Crippen molar-refractivity contribution in [3.05, 3.63) is 291 Å². The van der Waals surface area contributed by atoms with Crippen LogP contribution in [0.25, 0.3) is 0 Å². The number of nitrogens with zero attached hydrogens (tertiary/aromatic N) is 10. The Morgan fingerprint density at radius 2 is 0.610 bits per heavy atom. The minimum Gasteiger partial charge on any atom is -0.379 e. The van der Waals surface area contributed by atoms with Crippen molar-refractivity contribution in [3.63, 3.8) is 0 Å². The van der Waals surface area contributed by atoms with Crippen LogP contribution in [0.1, 0.15) is 89.0 Å². The lowest BCUT2D eigenvalue weighted by molar-refractivity contribution is -0.124. The Kier molecular flexibility index (Phi) is 37.4. The number of aryl methyl sites for hydroxylation is 6. The number of carbonyl (C=O) groups is 1. The van der Waals surface area contributed by atoms with Crippen LogP contribution in [0.4, 0.5) is 0 Å². The van der Waals surface area contributed by atoms with Gasteiger partial charge in [0.05, 0.1) is 103 Å². The van der Waals surface area contributed by atoms with Crippen molar-refractivity contribution in [2.24, 2.45) is 0 Å². The van der Waals surface area contributed by atoms with E-state index in [-0.39, 0.29) is 17.4 Å². The fourth-order valence-corrected chi connectivity index (χ4v) is 23.4. The van der Waals surface area contributed by atoms with Crippen LogP contribution in [0.2, 0.25) is 20.1 Å². The summed E-state index contributed by atoms with van der Waals surface area (Å²) < 4.78 is 34.1. The van der Waals surface area contributed by atoms with Crippen molar-refractivity contribution in [1.82, 2.24) is 29.8 Å². The van der Waals surface area contributed by atoms with Crippen molar-refractivity contribution in [3.8, 4) is 30.3 Å². The zero-order valence-corrected chi connectivity index (χ0v) is 78.4. The molecule has 5 aliphatic heterocycles. The Hall–Kier alpha value is -7.95. The van der Waals surface area contributed by atoms with Gasteiger partial charge in [-0.05, 0) is 279 Å². The highest BCUT2D eigenvalue weighted by Gasteiger charge is 2.25. The highest BCUT2D eigenvalue weighted by molar-refractivity contribution is 8.00. The Bertz CT molecular complexity index is 5290. The van der Waals surface area contributed by atoms with Crippen LogP contribution in [0, 0.1) is 98.2 Å². The molecule has 10 aromatic rings. The van der Waals surface area contributed by atoms with Gasteiger partial charge in [-0.1, -0.05) is 111 Å². The number of nitrogens with one attached hydrogen (secondary N) is 1. The van der Waals surface area contributed by atoms with Gasteiger partial charge in [0.2, 0.25) is 5.91 Å². The van der Waals surface area contributed by atoms with Gasteiger partial charge >= 0.3 is 0 Å². The van der Waals surface area contributed by atoms with Crippen LogP contribution < -0.4 is 5.32 Å². The van der Waals surface area contributed by atoms with Crippen molar-refractivity contribution < 1.29 is 22.7 Å². The molecule has 5 heterocycles. The number of thioether (sulfide) groups is 1. The van der Waals surface area contributed by atoms with E-state index in [9.17, 15) is 39.5 Å². The number of sulfone groups is 1. The minimum absolute atomic E-state index is 0.0438. The van der Waals surface area contributed by atoms with Crippen LogP contribution in [0.5, 0.6) is 0 Å². The van der Waals surface area contributed by atoms with Crippen LogP contribution in [0.15, 0.2) is 231 Å². The maximum Gasteiger partial charge on any atom is 0.234 e. The van der Waals surface area contributed by atoms with E-state index < -0.39 is 9.84 Å². The largest absolute Gasteiger partial charge is 0.379 e. The monoisotopic (exact) mass is 1850 g/mol. The maximum atomic E-state index is 11.6. The summed E-state index contributed by atoms with van der Waals surface area (Å²) in [5.41, 5.74) is 16.2. The van der Waals surface area contributed by atoms with Crippen LogP contribution >= 0.6 is 117 Å². The van der Waals surface area contributed by atoms with Crippen LogP contribution in [-0.2, 0) is 56.8 Å². The van der Waals surface area contributed by atoms with Gasteiger partial charge in [0.25, 0.3) is 0 Å². The summed E-state index contributed by atoms with van der Waals surface area (Å²) >= 11 is 35.2. The van der Waals surface area contributed by atoms with Gasteiger partial charge in [0.1, 0.15) is 0 Å². The lowest BCUT2D eigenvalue weighted by Crippen LogP contribution is -2.47. The van der Waals surface area contributed by atoms with E-state index >= 15 is 0 Å². The summed E-state index contributed by atoms with van der Waals surface area (Å²) in [5, 5.41) is 51.9. The third-order valence-electron chi connectivity index (χ3n) is 20.2. The molecule has 16 nitrogen and oxygen atoms in total. The average molecular weight is 1850 g/mol. The van der Waals surface area contributed by atoms with Crippen LogP contribution in [0.3, 0.4) is 0 Å². The minimum atomic E-state index is -2.90. The standard InChI is InChI=1S/C20H22N2OS.C19H18ClN3OS.C19H19ClN2O2S2.C19H19ClN2OS.C19H19ClN2S2/c1-15-9-16(2)11-19(10-15)24-20-4-3-17(13-21)12-18(20)14-22-5-7-23-8-6-22;1-13-6-16(20)9-17(7-13)25-18-3-2-14(10-21)8-15(18)11-23-5-4-22-19(24)12-23;1-14-8-17(20)11-18(9-14)25-19-3-2-15(12-21)10-16(19)13-22-4-6-26(23,24)7-5-22;2*1-14-8-17(20)11-18(9-14)24-19-3-2-15(12-21)10-16(19)13-22-4-6-23-7-5-22/h3-4,9-12H,5-8,14H2,1-2H3;2-3,6-9H,4-5,11-12H2,1H3,(H,22,24);2-3,8-11H,4-7,13H2,1H3;2*2-3,8-11H,4-7,13H2,1H3. The van der Waals surface area contributed by atoms with E-state index in [0.717, 1.165) is 176 Å². The van der Waals surface area contributed by atoms with Gasteiger partial charge in [-0.25, -0.2) is 8.42 Å². The SMILES string of the molecule is Cc1cc(C)cc(Sc2ccc(C#N)cc2CN2CCOCC2)c1.Cc1cc(Cl)cc(Sc2ccc(C#N)cc2CN2CCNC(=O)C2)c1.Cc1cc(Cl)cc(Sc2ccc(C#N)cc2CN2CCOCC2)c1.Cc1cc(Cl)cc(Sc2ccc(C#N)cc2CN2CCS(=O)(=O)CC2)c1.Cc1cc(Cl)cc(Sc2ccc(C#N)cc2CN2CCSCC2)c1. The highest BCUT2D eigenvalue weighted by atomic mass is 35.5. The summed E-state index contributed by atoms with van der Waals surface area (Å²) in [6, 6.07) is 71.1. The third-order valence-corrected chi connectivity index (χ3v) is 29.1. The molecule has 1 amide bonds. The highest BCUT2D eigenvalue weighted by Crippen LogP contribution is 2.40. The molecule has 15 rings (SSSR count). The zero-order valence-electron chi connectivity index (χ0n) is 69.7. The first-order valence-corrected chi connectivity index (χ1v) is 48.9. The second kappa shape index (κ2) is 48.1. The average Bonchev–Trinajstić information content (AvgIpc) is 0.843. The number of piperazine rings is 1. The predicted octanol–water partition coefficient (Wildman–Crippen LogP) is 21.4. The molecule has 5 fully saturated rings. The smallest absolute Gasteiger partial charge is 0.234 e. The summed E-state index contributed by atoms with van der Waals surface area (Å²) in [6.07, 6.45) is 0. The molecule has 0 aromatic heterocycles. The van der Waals surface area contributed by atoms with Crippen molar-refractivity contribution in [2.45, 2.75) is 123 Å². The Balaban J connectivity index is 0.000000150. The Morgan fingerprint density at radius 3 is 0.886 bits per heavy atom. The van der Waals surface area contributed by atoms with Crippen molar-refractivity contribution in [1.29, 1.82) is 26.3 Å². The Labute approximate surface area is 770 Å².